The van der Waals surface area contributed by atoms with Gasteiger partial charge in [0.2, 0.25) is 0 Å². The predicted octanol–water partition coefficient (Wildman–Crippen LogP) is 4.21. The van der Waals surface area contributed by atoms with Crippen molar-refractivity contribution in [2.24, 2.45) is 5.41 Å². The van der Waals surface area contributed by atoms with Crippen LogP contribution in [0.5, 0.6) is 0 Å². The van der Waals surface area contributed by atoms with Gasteiger partial charge in [-0.05, 0) is 24.7 Å². The molecule has 0 spiro atoms. The molecule has 0 aliphatic heterocycles. The molecule has 0 aromatic rings. The van der Waals surface area contributed by atoms with E-state index in [2.05, 4.69) is 60.6 Å². The maximum Gasteiger partial charge on any atom is 0.146 e. The highest BCUT2D eigenvalue weighted by molar-refractivity contribution is 14.1. The van der Waals surface area contributed by atoms with Gasteiger partial charge in [-0.1, -0.05) is 49.2 Å². The average Bonchev–Trinajstić information content (AvgIpc) is 2.20. The highest BCUT2D eigenvalue weighted by Gasteiger charge is 2.39. The first kappa shape index (κ1) is 15.2. The first-order valence-electron chi connectivity index (χ1n) is 6.41. The summed E-state index contributed by atoms with van der Waals surface area (Å²) >= 11 is 2.34. The molecule has 1 rings (SSSR count). The van der Waals surface area contributed by atoms with Crippen molar-refractivity contribution in [2.75, 3.05) is 0 Å². The van der Waals surface area contributed by atoms with Gasteiger partial charge in [0.15, 0.2) is 0 Å². The topological polar surface area (TPSA) is 17.1 Å². The van der Waals surface area contributed by atoms with Crippen molar-refractivity contribution in [1.82, 2.24) is 0 Å². The molecule has 1 fully saturated rings. The molecule has 0 amide bonds. The minimum Gasteiger partial charge on any atom is -0.299 e. The van der Waals surface area contributed by atoms with E-state index in [0.29, 0.717) is 5.78 Å². The number of ketones is 1. The molecule has 0 bridgehead atoms. The molecule has 1 saturated carbocycles. The van der Waals surface area contributed by atoms with E-state index in [1.54, 1.807) is 0 Å². The number of carbonyl (C=O) groups is 1. The Morgan fingerprint density at radius 2 is 2.12 bits per heavy atom. The summed E-state index contributed by atoms with van der Waals surface area (Å²) in [5.74, 6) is 3.77. The Kier molecular flexibility index (Phi) is 5.27. The van der Waals surface area contributed by atoms with Crippen molar-refractivity contribution >= 4 is 36.4 Å². The largest absolute Gasteiger partial charge is 0.299 e. The number of carbonyl (C=O) groups excluding carboxylic acids is 1. The Hall–Kier alpha value is 0.177. The Morgan fingerprint density at radius 3 is 2.71 bits per heavy atom. The van der Waals surface area contributed by atoms with E-state index in [4.69, 9.17) is 0 Å². The van der Waals surface area contributed by atoms with Crippen LogP contribution in [0.25, 0.3) is 0 Å². The minimum absolute atomic E-state index is 0.185. The maximum atomic E-state index is 11.8. The fourth-order valence-electron chi connectivity index (χ4n) is 2.24. The number of hydrogen-bond acceptors (Lipinski definition) is 1. The van der Waals surface area contributed by atoms with Crippen molar-refractivity contribution in [1.29, 1.82) is 0 Å². The van der Waals surface area contributed by atoms with E-state index in [-0.39, 0.29) is 9.34 Å². The number of alkyl halides is 1. The summed E-state index contributed by atoms with van der Waals surface area (Å²) in [5, 5.41) is 0. The third-order valence-corrected chi connectivity index (χ3v) is 6.48. The summed E-state index contributed by atoms with van der Waals surface area (Å²) < 4.78 is 0.197. The number of Topliss-reactive ketones (excluding diaryl/α,β-unsaturated/α-hetero) is 1. The van der Waals surface area contributed by atoms with Crippen LogP contribution in [0.2, 0.25) is 19.6 Å². The van der Waals surface area contributed by atoms with Crippen molar-refractivity contribution in [2.45, 2.75) is 62.6 Å². The Balaban J connectivity index is 2.54. The summed E-state index contributed by atoms with van der Waals surface area (Å²) in [5.41, 5.74) is 3.59. The van der Waals surface area contributed by atoms with Gasteiger partial charge in [-0.25, -0.2) is 0 Å². The van der Waals surface area contributed by atoms with Crippen molar-refractivity contribution in [3.8, 4) is 11.5 Å². The van der Waals surface area contributed by atoms with Crippen LogP contribution in [0.4, 0.5) is 0 Å². The first-order valence-corrected chi connectivity index (χ1v) is 11.2. The lowest BCUT2D eigenvalue weighted by atomic mass is 9.72. The summed E-state index contributed by atoms with van der Waals surface area (Å²) in [7, 11) is -1.23. The Bertz CT molecular complexity index is 347. The summed E-state index contributed by atoms with van der Waals surface area (Å²) in [4.78, 5) is 11.8. The van der Waals surface area contributed by atoms with Crippen LogP contribution in [0.15, 0.2) is 0 Å². The lowest BCUT2D eigenvalue weighted by Crippen LogP contribution is -2.38. The van der Waals surface area contributed by atoms with E-state index in [0.717, 1.165) is 25.7 Å². The lowest BCUT2D eigenvalue weighted by Gasteiger charge is -2.37. The van der Waals surface area contributed by atoms with Crippen LogP contribution < -0.4 is 0 Å². The molecule has 1 aliphatic carbocycles. The SMILES string of the molecule is C[C@@]1(CCC#C[Si](C)(C)C)CCCC(=O)[C@@H]1I. The van der Waals surface area contributed by atoms with E-state index in [1.165, 1.54) is 6.42 Å². The molecule has 0 heterocycles. The summed E-state index contributed by atoms with van der Waals surface area (Å²) in [6, 6.07) is 0. The van der Waals surface area contributed by atoms with Crippen LogP contribution >= 0.6 is 22.6 Å². The molecule has 2 atom stereocenters. The van der Waals surface area contributed by atoms with Crippen LogP contribution in [0, 0.1) is 16.9 Å². The van der Waals surface area contributed by atoms with Crippen LogP contribution in [-0.4, -0.2) is 17.8 Å². The zero-order valence-electron chi connectivity index (χ0n) is 11.4. The summed E-state index contributed by atoms with van der Waals surface area (Å²) in [6.45, 7) is 9.07. The highest BCUT2D eigenvalue weighted by atomic mass is 127. The molecule has 0 radical (unpaired) electrons. The van der Waals surface area contributed by atoms with Gasteiger partial charge < -0.3 is 0 Å². The van der Waals surface area contributed by atoms with E-state index in [1.807, 2.05) is 0 Å². The van der Waals surface area contributed by atoms with Gasteiger partial charge in [-0.2, -0.15) is 0 Å². The van der Waals surface area contributed by atoms with Crippen molar-refractivity contribution in [3.63, 3.8) is 0 Å². The monoisotopic (exact) mass is 362 g/mol. The molecular formula is C14H23IOSi. The highest BCUT2D eigenvalue weighted by Crippen LogP contribution is 2.42. The van der Waals surface area contributed by atoms with E-state index in [9.17, 15) is 4.79 Å². The molecule has 1 aliphatic rings. The Labute approximate surface area is 120 Å². The molecule has 17 heavy (non-hydrogen) atoms. The number of hydrogen-bond donors (Lipinski definition) is 0. The lowest BCUT2D eigenvalue weighted by molar-refractivity contribution is -0.122. The summed E-state index contributed by atoms with van der Waals surface area (Å²) in [6.07, 6.45) is 5.05. The van der Waals surface area contributed by atoms with Gasteiger partial charge in [0.05, 0.1) is 3.92 Å². The quantitative estimate of drug-likeness (QED) is 0.311. The molecule has 0 saturated heterocycles. The maximum absolute atomic E-state index is 11.8. The zero-order chi connectivity index (χ0) is 13.1. The van der Waals surface area contributed by atoms with Gasteiger partial charge in [0, 0.05) is 12.8 Å². The fraction of sp³-hybridized carbons (Fsp3) is 0.786. The average molecular weight is 362 g/mol. The minimum atomic E-state index is -1.23. The van der Waals surface area contributed by atoms with Crippen LogP contribution in [0.3, 0.4) is 0 Å². The smallest absolute Gasteiger partial charge is 0.146 e. The second kappa shape index (κ2) is 5.88. The first-order chi connectivity index (χ1) is 7.75. The standard InChI is InChI=1S/C14H23IOSi/c1-14(9-5-6-11-17(2,3)4)10-7-8-12(16)13(14)15/h13H,5,7-10H2,1-4H3/t13-,14+/m0/s1. The van der Waals surface area contributed by atoms with Crippen molar-refractivity contribution in [3.05, 3.63) is 0 Å². The molecule has 0 aromatic carbocycles. The van der Waals surface area contributed by atoms with E-state index >= 15 is 0 Å². The fourth-order valence-corrected chi connectivity index (χ4v) is 3.83. The van der Waals surface area contributed by atoms with E-state index < -0.39 is 8.07 Å². The number of rotatable bonds is 2. The Morgan fingerprint density at radius 1 is 1.47 bits per heavy atom. The molecule has 3 heteroatoms. The van der Waals surface area contributed by atoms with Crippen LogP contribution in [-0.2, 0) is 4.79 Å². The molecule has 0 unspecified atom stereocenters. The van der Waals surface area contributed by atoms with Gasteiger partial charge >= 0.3 is 0 Å². The zero-order valence-corrected chi connectivity index (χ0v) is 14.6. The van der Waals surface area contributed by atoms with Crippen LogP contribution in [0.1, 0.15) is 39.0 Å². The molecule has 0 N–H and O–H groups in total. The second-order valence-corrected chi connectivity index (χ2v) is 12.4. The van der Waals surface area contributed by atoms with Gasteiger partial charge in [-0.15, -0.1) is 11.5 Å². The second-order valence-electron chi connectivity index (χ2n) is 6.39. The van der Waals surface area contributed by atoms with Gasteiger partial charge in [-0.3, -0.25) is 4.79 Å². The predicted molar refractivity (Wildman–Crippen MR) is 85.1 cm³/mol. The molecular weight excluding hydrogens is 339 g/mol. The number of halogens is 1. The molecule has 96 valence electrons. The van der Waals surface area contributed by atoms with Gasteiger partial charge in [0.25, 0.3) is 0 Å². The molecule has 1 nitrogen and oxygen atoms in total. The van der Waals surface area contributed by atoms with Crippen molar-refractivity contribution < 1.29 is 4.79 Å². The normalized spacial score (nSPS) is 29.7. The third kappa shape index (κ3) is 4.74. The van der Waals surface area contributed by atoms with Gasteiger partial charge in [0.1, 0.15) is 13.9 Å². The third-order valence-electron chi connectivity index (χ3n) is 3.35. The molecule has 0 aromatic heterocycles.